The minimum Gasteiger partial charge on any atom is -0.467 e. The van der Waals surface area contributed by atoms with E-state index in [-0.39, 0.29) is 16.6 Å². The molecule has 6 nitrogen and oxygen atoms in total. The lowest BCUT2D eigenvalue weighted by atomic mass is 10.2. The molecule has 1 aromatic heterocycles. The van der Waals surface area contributed by atoms with Crippen molar-refractivity contribution in [3.63, 3.8) is 0 Å². The van der Waals surface area contributed by atoms with Gasteiger partial charge in [-0.25, -0.2) is 18.4 Å². The summed E-state index contributed by atoms with van der Waals surface area (Å²) in [7, 11) is -2.22. The summed E-state index contributed by atoms with van der Waals surface area (Å²) in [4.78, 5) is 7.95. The van der Waals surface area contributed by atoms with Gasteiger partial charge in [-0.15, -0.1) is 0 Å². The van der Waals surface area contributed by atoms with E-state index in [1.807, 2.05) is 13.0 Å². The van der Waals surface area contributed by atoms with Gasteiger partial charge in [-0.3, -0.25) is 4.72 Å². The normalized spacial score (nSPS) is 11.2. The molecule has 0 unspecified atom stereocenters. The maximum atomic E-state index is 12.3. The molecule has 2 rings (SSSR count). The third-order valence-electron chi connectivity index (χ3n) is 2.70. The van der Waals surface area contributed by atoms with E-state index < -0.39 is 10.0 Å². The molecule has 1 heterocycles. The van der Waals surface area contributed by atoms with Crippen LogP contribution >= 0.6 is 0 Å². The highest BCUT2D eigenvalue weighted by Gasteiger charge is 2.17. The summed E-state index contributed by atoms with van der Waals surface area (Å²) < 4.78 is 31.9. The van der Waals surface area contributed by atoms with E-state index in [2.05, 4.69) is 14.7 Å². The fraction of sp³-hybridized carbons (Fsp3) is 0.231. The Bertz CT molecular complexity index is 712. The van der Waals surface area contributed by atoms with Gasteiger partial charge in [0.15, 0.2) is 0 Å². The van der Waals surface area contributed by atoms with Gasteiger partial charge in [0.25, 0.3) is 10.0 Å². The summed E-state index contributed by atoms with van der Waals surface area (Å²) >= 11 is 0. The van der Waals surface area contributed by atoms with E-state index in [9.17, 15) is 8.42 Å². The van der Waals surface area contributed by atoms with Crippen LogP contribution in [-0.4, -0.2) is 25.5 Å². The molecule has 106 valence electrons. The highest BCUT2D eigenvalue weighted by molar-refractivity contribution is 7.92. The Morgan fingerprint density at radius 3 is 2.40 bits per heavy atom. The van der Waals surface area contributed by atoms with E-state index in [4.69, 9.17) is 4.74 Å². The molecule has 0 bridgehead atoms. The molecule has 0 atom stereocenters. The molecule has 0 fully saturated rings. The largest absolute Gasteiger partial charge is 0.467 e. The Morgan fingerprint density at radius 2 is 1.80 bits per heavy atom. The molecule has 0 aliphatic rings. The lowest BCUT2D eigenvalue weighted by molar-refractivity contribution is 0.380. The van der Waals surface area contributed by atoms with Crippen LogP contribution in [0.15, 0.2) is 35.5 Å². The number of hydrogen-bond donors (Lipinski definition) is 1. The molecule has 1 aromatic carbocycles. The number of aryl methyl sites for hydroxylation is 2. The number of sulfonamides is 1. The van der Waals surface area contributed by atoms with Crippen LogP contribution in [0.5, 0.6) is 6.01 Å². The van der Waals surface area contributed by atoms with Crippen LogP contribution in [0.25, 0.3) is 0 Å². The van der Waals surface area contributed by atoms with Crippen LogP contribution in [0.2, 0.25) is 0 Å². The first-order valence-corrected chi connectivity index (χ1v) is 7.37. The van der Waals surface area contributed by atoms with E-state index in [0.717, 1.165) is 5.56 Å². The third-order valence-corrected chi connectivity index (χ3v) is 4.22. The second-order valence-corrected chi connectivity index (χ2v) is 5.98. The van der Waals surface area contributed by atoms with Gasteiger partial charge >= 0.3 is 6.01 Å². The molecular formula is C13H15N3O3S. The smallest absolute Gasteiger partial charge is 0.316 e. The van der Waals surface area contributed by atoms with Crippen molar-refractivity contribution in [2.45, 2.75) is 18.7 Å². The Morgan fingerprint density at radius 1 is 1.15 bits per heavy atom. The summed E-state index contributed by atoms with van der Waals surface area (Å²) in [6.45, 7) is 3.59. The summed E-state index contributed by atoms with van der Waals surface area (Å²) in [6.07, 6.45) is 2.71. The Labute approximate surface area is 117 Å². The van der Waals surface area contributed by atoms with E-state index >= 15 is 0 Å². The van der Waals surface area contributed by atoms with Crippen molar-refractivity contribution in [3.8, 4) is 6.01 Å². The number of rotatable bonds is 4. The minimum atomic E-state index is -3.66. The predicted octanol–water partition coefficient (Wildman–Crippen LogP) is 1.90. The van der Waals surface area contributed by atoms with E-state index in [0.29, 0.717) is 5.56 Å². The summed E-state index contributed by atoms with van der Waals surface area (Å²) in [6, 6.07) is 5.45. The number of nitrogens with one attached hydrogen (secondary N) is 1. The third kappa shape index (κ3) is 3.05. The first-order valence-electron chi connectivity index (χ1n) is 5.88. The number of hydrogen-bond acceptors (Lipinski definition) is 5. The van der Waals surface area contributed by atoms with Gasteiger partial charge in [-0.2, -0.15) is 0 Å². The Balaban J connectivity index is 2.32. The number of nitrogens with zero attached hydrogens (tertiary/aromatic N) is 2. The number of benzene rings is 1. The molecule has 0 aliphatic carbocycles. The highest BCUT2D eigenvalue weighted by Crippen LogP contribution is 2.20. The number of ether oxygens (including phenoxy) is 1. The molecule has 0 saturated carbocycles. The zero-order valence-corrected chi connectivity index (χ0v) is 12.2. The molecular weight excluding hydrogens is 278 g/mol. The van der Waals surface area contributed by atoms with Gasteiger partial charge < -0.3 is 4.74 Å². The van der Waals surface area contributed by atoms with Crippen LogP contribution < -0.4 is 9.46 Å². The molecule has 2 aromatic rings. The summed E-state index contributed by atoms with van der Waals surface area (Å²) in [5.74, 6) is 0. The van der Waals surface area contributed by atoms with Crippen molar-refractivity contribution in [3.05, 3.63) is 41.7 Å². The van der Waals surface area contributed by atoms with Gasteiger partial charge in [-0.05, 0) is 31.0 Å². The second kappa shape index (κ2) is 5.46. The number of anilines is 1. The van der Waals surface area contributed by atoms with Crippen LogP contribution in [-0.2, 0) is 10.0 Å². The minimum absolute atomic E-state index is 0.180. The Hall–Kier alpha value is -2.15. The van der Waals surface area contributed by atoms with Crippen molar-refractivity contribution in [1.29, 1.82) is 0 Å². The average molecular weight is 293 g/mol. The predicted molar refractivity (Wildman–Crippen MR) is 75.3 cm³/mol. The monoisotopic (exact) mass is 293 g/mol. The van der Waals surface area contributed by atoms with Crippen molar-refractivity contribution in [2.24, 2.45) is 0 Å². The molecule has 1 N–H and O–H groups in total. The molecule has 0 spiro atoms. The molecule has 7 heteroatoms. The van der Waals surface area contributed by atoms with Crippen molar-refractivity contribution >= 4 is 15.7 Å². The fourth-order valence-corrected chi connectivity index (χ4v) is 3.04. The van der Waals surface area contributed by atoms with Gasteiger partial charge in [0.05, 0.1) is 30.1 Å². The summed E-state index contributed by atoms with van der Waals surface area (Å²) in [5, 5.41) is 0. The van der Waals surface area contributed by atoms with Crippen molar-refractivity contribution in [2.75, 3.05) is 11.8 Å². The van der Waals surface area contributed by atoms with E-state index in [1.54, 1.807) is 19.1 Å². The van der Waals surface area contributed by atoms with Crippen LogP contribution in [0, 0.1) is 13.8 Å². The maximum absolute atomic E-state index is 12.3. The zero-order valence-electron chi connectivity index (χ0n) is 11.4. The summed E-state index contributed by atoms with van der Waals surface area (Å²) in [5.41, 5.74) is 1.84. The average Bonchev–Trinajstić information content (AvgIpc) is 2.42. The number of aromatic nitrogens is 2. The molecule has 0 saturated heterocycles. The first kappa shape index (κ1) is 14.3. The quantitative estimate of drug-likeness (QED) is 0.931. The highest BCUT2D eigenvalue weighted by atomic mass is 32.2. The standard InChI is InChI=1S/C13H15N3O3S/c1-9-4-5-10(2)12(6-9)20(17,18)16-11-7-14-13(19-3)15-8-11/h4-8,16H,1-3H3. The lowest BCUT2D eigenvalue weighted by Gasteiger charge is -2.10. The Kier molecular flexibility index (Phi) is 3.89. The van der Waals surface area contributed by atoms with Crippen LogP contribution in [0.4, 0.5) is 5.69 Å². The van der Waals surface area contributed by atoms with Crippen LogP contribution in [0.3, 0.4) is 0 Å². The van der Waals surface area contributed by atoms with Gasteiger partial charge in [-0.1, -0.05) is 12.1 Å². The SMILES string of the molecule is COc1ncc(NS(=O)(=O)c2cc(C)ccc2C)cn1. The lowest BCUT2D eigenvalue weighted by Crippen LogP contribution is -2.15. The zero-order chi connectivity index (χ0) is 14.8. The van der Waals surface area contributed by atoms with Gasteiger partial charge in [0.2, 0.25) is 0 Å². The molecule has 20 heavy (non-hydrogen) atoms. The topological polar surface area (TPSA) is 81.2 Å². The maximum Gasteiger partial charge on any atom is 0.316 e. The molecule has 0 radical (unpaired) electrons. The second-order valence-electron chi connectivity index (χ2n) is 4.33. The molecule has 0 amide bonds. The van der Waals surface area contributed by atoms with E-state index in [1.165, 1.54) is 19.5 Å². The van der Waals surface area contributed by atoms with Crippen LogP contribution in [0.1, 0.15) is 11.1 Å². The molecule has 0 aliphatic heterocycles. The van der Waals surface area contributed by atoms with Gasteiger partial charge in [0, 0.05) is 0 Å². The van der Waals surface area contributed by atoms with Crippen molar-refractivity contribution in [1.82, 2.24) is 9.97 Å². The van der Waals surface area contributed by atoms with Gasteiger partial charge in [0.1, 0.15) is 0 Å². The fourth-order valence-electron chi connectivity index (χ4n) is 1.68. The number of methoxy groups -OCH3 is 1. The van der Waals surface area contributed by atoms with Crippen molar-refractivity contribution < 1.29 is 13.2 Å². The first-order chi connectivity index (χ1) is 9.42.